The molecular weight excluding hydrogens is 368 g/mol. The molecule has 1 aliphatic rings. The lowest BCUT2D eigenvalue weighted by atomic mass is 9.77. The van der Waals surface area contributed by atoms with E-state index >= 15 is 0 Å². The van der Waals surface area contributed by atoms with E-state index < -0.39 is 27.6 Å². The summed E-state index contributed by atoms with van der Waals surface area (Å²) in [5.41, 5.74) is 1.06. The fraction of sp³-hybridized carbons (Fsp3) is 0.316. The van der Waals surface area contributed by atoms with Gasteiger partial charge in [0.1, 0.15) is 12.3 Å². The van der Waals surface area contributed by atoms with Gasteiger partial charge in [-0.1, -0.05) is 50.2 Å². The fourth-order valence-corrected chi connectivity index (χ4v) is 4.42. The Morgan fingerprint density at radius 3 is 2.41 bits per heavy atom. The first-order chi connectivity index (χ1) is 12.6. The minimum Gasteiger partial charge on any atom is -0.506 e. The van der Waals surface area contributed by atoms with Crippen LogP contribution < -0.4 is 9.03 Å². The molecule has 144 valence electrons. The Bertz CT molecular complexity index is 957. The Morgan fingerprint density at radius 2 is 1.85 bits per heavy atom. The molecule has 1 aliphatic heterocycles. The Morgan fingerprint density at radius 1 is 1.19 bits per heavy atom. The molecule has 0 bridgehead atoms. The zero-order valence-electron chi connectivity index (χ0n) is 15.1. The van der Waals surface area contributed by atoms with E-state index in [0.29, 0.717) is 6.42 Å². The van der Waals surface area contributed by atoms with Crippen LogP contribution in [-0.4, -0.2) is 31.1 Å². The van der Waals surface area contributed by atoms with E-state index in [1.54, 1.807) is 6.07 Å². The van der Waals surface area contributed by atoms with Crippen LogP contribution in [0, 0.1) is 5.41 Å². The number of carbonyl (C=O) groups excluding carboxylic acids is 1. The molecule has 0 radical (unpaired) electrons. The quantitative estimate of drug-likeness (QED) is 0.723. The summed E-state index contributed by atoms with van der Waals surface area (Å²) in [6.07, 6.45) is -0.248. The lowest BCUT2D eigenvalue weighted by Crippen LogP contribution is -2.29. The SMILES string of the molecule is CC(C)(Cc1ccc(N2CC(=O)NS2(=O)=O)c(O)c1)C(O)c1ccccc1. The summed E-state index contributed by atoms with van der Waals surface area (Å²) >= 11 is 0. The summed E-state index contributed by atoms with van der Waals surface area (Å²) in [6.45, 7) is 3.47. The molecule has 3 rings (SSSR count). The van der Waals surface area contributed by atoms with Crippen LogP contribution in [0.2, 0.25) is 0 Å². The molecule has 0 saturated carbocycles. The molecule has 27 heavy (non-hydrogen) atoms. The first-order valence-corrected chi connectivity index (χ1v) is 9.92. The lowest BCUT2D eigenvalue weighted by Gasteiger charge is -2.31. The predicted octanol–water partition coefficient (Wildman–Crippen LogP) is 1.88. The Hall–Kier alpha value is -2.58. The first-order valence-electron chi connectivity index (χ1n) is 8.48. The van der Waals surface area contributed by atoms with Gasteiger partial charge in [0.25, 0.3) is 5.91 Å². The maximum atomic E-state index is 11.9. The average molecular weight is 390 g/mol. The molecule has 8 heteroatoms. The molecule has 0 aromatic heterocycles. The third kappa shape index (κ3) is 3.91. The largest absolute Gasteiger partial charge is 0.506 e. The molecule has 3 N–H and O–H groups in total. The standard InChI is InChI=1S/C19H22N2O5S/c1-19(2,18(24)14-6-4-3-5-7-14)11-13-8-9-15(16(22)10-13)21-12-17(23)20-27(21,25)26/h3-10,18,22,24H,11-12H2,1-2H3,(H,20,23). The topological polar surface area (TPSA) is 107 Å². The van der Waals surface area contributed by atoms with Gasteiger partial charge in [0, 0.05) is 0 Å². The molecule has 2 aromatic carbocycles. The minimum atomic E-state index is -3.98. The van der Waals surface area contributed by atoms with Gasteiger partial charge in [0.05, 0.1) is 11.8 Å². The van der Waals surface area contributed by atoms with Gasteiger partial charge in [-0.3, -0.25) is 4.79 Å². The molecule has 1 amide bonds. The number of aliphatic hydroxyl groups excluding tert-OH is 1. The van der Waals surface area contributed by atoms with Crippen molar-refractivity contribution in [2.45, 2.75) is 26.4 Å². The number of aromatic hydroxyl groups is 1. The number of phenols is 1. The molecule has 7 nitrogen and oxygen atoms in total. The molecule has 1 heterocycles. The summed E-state index contributed by atoms with van der Waals surface area (Å²) in [7, 11) is -3.98. The third-order valence-corrected chi connectivity index (χ3v) is 6.04. The van der Waals surface area contributed by atoms with Gasteiger partial charge in [-0.25, -0.2) is 9.03 Å². The number of anilines is 1. The third-order valence-electron chi connectivity index (χ3n) is 4.64. The Balaban J connectivity index is 1.83. The van der Waals surface area contributed by atoms with Crippen molar-refractivity contribution in [3.63, 3.8) is 0 Å². The normalized spacial score (nSPS) is 17.6. The smallest absolute Gasteiger partial charge is 0.326 e. The highest BCUT2D eigenvalue weighted by Crippen LogP contribution is 2.38. The zero-order chi connectivity index (χ0) is 19.8. The van der Waals surface area contributed by atoms with Crippen LogP contribution in [0.15, 0.2) is 48.5 Å². The lowest BCUT2D eigenvalue weighted by molar-refractivity contribution is -0.117. The van der Waals surface area contributed by atoms with E-state index in [9.17, 15) is 23.4 Å². The number of phenolic OH excluding ortho intramolecular Hbond substituents is 1. The number of nitrogens with one attached hydrogen (secondary N) is 1. The van der Waals surface area contributed by atoms with Crippen LogP contribution >= 0.6 is 0 Å². The summed E-state index contributed by atoms with van der Waals surface area (Å²) in [5, 5.41) is 21.0. The van der Waals surface area contributed by atoms with E-state index in [0.717, 1.165) is 15.4 Å². The second kappa shape index (κ2) is 6.86. The Labute approximate surface area is 158 Å². The van der Waals surface area contributed by atoms with Gasteiger partial charge in [0.15, 0.2) is 0 Å². The van der Waals surface area contributed by atoms with Crippen LogP contribution in [0.1, 0.15) is 31.1 Å². The van der Waals surface area contributed by atoms with E-state index in [4.69, 9.17) is 0 Å². The van der Waals surface area contributed by atoms with Gasteiger partial charge >= 0.3 is 10.2 Å². The van der Waals surface area contributed by atoms with Crippen molar-refractivity contribution in [1.29, 1.82) is 0 Å². The number of carbonyl (C=O) groups is 1. The second-order valence-electron chi connectivity index (χ2n) is 7.34. The number of benzene rings is 2. The van der Waals surface area contributed by atoms with Crippen LogP contribution in [0.25, 0.3) is 0 Å². The van der Waals surface area contributed by atoms with Gasteiger partial charge in [-0.2, -0.15) is 8.42 Å². The highest BCUT2D eigenvalue weighted by molar-refractivity contribution is 7.92. The van der Waals surface area contributed by atoms with Gasteiger partial charge in [-0.05, 0) is 35.1 Å². The first kappa shape index (κ1) is 19.2. The van der Waals surface area contributed by atoms with Gasteiger partial charge in [0.2, 0.25) is 0 Å². The summed E-state index contributed by atoms with van der Waals surface area (Å²) in [6, 6.07) is 13.9. The van der Waals surface area contributed by atoms with Gasteiger partial charge in [-0.15, -0.1) is 0 Å². The molecule has 1 fully saturated rings. The average Bonchev–Trinajstić information content (AvgIpc) is 2.87. The molecule has 1 saturated heterocycles. The summed E-state index contributed by atoms with van der Waals surface area (Å²) in [4.78, 5) is 11.4. The molecule has 0 spiro atoms. The van der Waals surface area contributed by atoms with E-state index in [2.05, 4.69) is 0 Å². The van der Waals surface area contributed by atoms with Crippen LogP contribution in [0.3, 0.4) is 0 Å². The van der Waals surface area contributed by atoms with E-state index in [1.807, 2.05) is 48.9 Å². The second-order valence-corrected chi connectivity index (χ2v) is 8.93. The van der Waals surface area contributed by atoms with Crippen molar-refractivity contribution in [1.82, 2.24) is 4.72 Å². The van der Waals surface area contributed by atoms with Crippen molar-refractivity contribution in [2.75, 3.05) is 10.8 Å². The van der Waals surface area contributed by atoms with Crippen molar-refractivity contribution < 1.29 is 23.4 Å². The monoisotopic (exact) mass is 390 g/mol. The maximum Gasteiger partial charge on any atom is 0.326 e. The van der Waals surface area contributed by atoms with Crippen molar-refractivity contribution in [3.05, 3.63) is 59.7 Å². The number of rotatable bonds is 5. The molecule has 2 aromatic rings. The predicted molar refractivity (Wildman–Crippen MR) is 101 cm³/mol. The number of nitrogens with zero attached hydrogens (tertiary/aromatic N) is 1. The fourth-order valence-electron chi connectivity index (χ4n) is 3.26. The molecular formula is C19H22N2O5S. The van der Waals surface area contributed by atoms with Crippen LogP contribution in [0.5, 0.6) is 5.75 Å². The summed E-state index contributed by atoms with van der Waals surface area (Å²) < 4.78 is 26.6. The number of amides is 1. The molecule has 1 atom stereocenters. The molecule has 0 aliphatic carbocycles. The van der Waals surface area contributed by atoms with Crippen LogP contribution in [-0.2, 0) is 21.4 Å². The zero-order valence-corrected chi connectivity index (χ0v) is 15.9. The van der Waals surface area contributed by atoms with Gasteiger partial charge < -0.3 is 10.2 Å². The number of hydrogen-bond acceptors (Lipinski definition) is 5. The highest BCUT2D eigenvalue weighted by Gasteiger charge is 2.36. The summed E-state index contributed by atoms with van der Waals surface area (Å²) in [5.74, 6) is -0.886. The minimum absolute atomic E-state index is 0.0403. The highest BCUT2D eigenvalue weighted by atomic mass is 32.2. The van der Waals surface area contributed by atoms with Crippen molar-refractivity contribution in [3.8, 4) is 5.75 Å². The van der Waals surface area contributed by atoms with Crippen molar-refractivity contribution in [2.24, 2.45) is 5.41 Å². The van der Waals surface area contributed by atoms with Crippen molar-refractivity contribution >= 4 is 21.8 Å². The maximum absolute atomic E-state index is 11.9. The Kier molecular flexibility index (Phi) is 4.88. The number of hydrogen-bond donors (Lipinski definition) is 3. The molecule has 1 unspecified atom stereocenters. The van der Waals surface area contributed by atoms with E-state index in [1.165, 1.54) is 12.1 Å². The van der Waals surface area contributed by atoms with E-state index in [-0.39, 0.29) is 18.0 Å². The van der Waals surface area contributed by atoms with Crippen LogP contribution in [0.4, 0.5) is 5.69 Å². The number of aliphatic hydroxyl groups is 1.